The number of carbonyl (C=O) groups excluding carboxylic acids is 1. The molecule has 0 amide bonds. The predicted octanol–water partition coefficient (Wildman–Crippen LogP) is 2.14. The van der Waals surface area contributed by atoms with Crippen LogP contribution in [0.3, 0.4) is 0 Å². The average molecular weight is 228 g/mol. The molecule has 0 saturated heterocycles. The van der Waals surface area contributed by atoms with Crippen LogP contribution in [0.5, 0.6) is 0 Å². The SMILES string of the molecule is Cc1cnc(C(=O)OCc2ccccc2)nc1. The monoisotopic (exact) mass is 228 g/mol. The van der Waals surface area contributed by atoms with Crippen molar-refractivity contribution in [2.75, 3.05) is 0 Å². The lowest BCUT2D eigenvalue weighted by atomic mass is 10.2. The number of aromatic nitrogens is 2. The molecule has 2 rings (SSSR count). The highest BCUT2D eigenvalue weighted by Crippen LogP contribution is 2.03. The minimum atomic E-state index is -0.506. The summed E-state index contributed by atoms with van der Waals surface area (Å²) in [7, 11) is 0. The van der Waals surface area contributed by atoms with Crippen LogP contribution in [0.15, 0.2) is 42.7 Å². The Labute approximate surface area is 99.3 Å². The van der Waals surface area contributed by atoms with E-state index in [1.165, 1.54) is 0 Å². The highest BCUT2D eigenvalue weighted by Gasteiger charge is 2.09. The van der Waals surface area contributed by atoms with Crippen molar-refractivity contribution in [3.63, 3.8) is 0 Å². The zero-order valence-electron chi connectivity index (χ0n) is 9.46. The van der Waals surface area contributed by atoms with Crippen LogP contribution >= 0.6 is 0 Å². The molecule has 17 heavy (non-hydrogen) atoms. The Balaban J connectivity index is 1.96. The van der Waals surface area contributed by atoms with Gasteiger partial charge in [0.25, 0.3) is 0 Å². The summed E-state index contributed by atoms with van der Waals surface area (Å²) in [4.78, 5) is 19.4. The Hall–Kier alpha value is -2.23. The molecule has 0 atom stereocenters. The van der Waals surface area contributed by atoms with E-state index < -0.39 is 5.97 Å². The van der Waals surface area contributed by atoms with E-state index in [1.807, 2.05) is 37.3 Å². The van der Waals surface area contributed by atoms with Gasteiger partial charge < -0.3 is 4.74 Å². The first-order valence-corrected chi connectivity index (χ1v) is 5.25. The van der Waals surface area contributed by atoms with Crippen LogP contribution in [0.2, 0.25) is 0 Å². The summed E-state index contributed by atoms with van der Waals surface area (Å²) in [5, 5.41) is 0. The molecule has 0 aliphatic heterocycles. The van der Waals surface area contributed by atoms with Gasteiger partial charge in [0.2, 0.25) is 5.82 Å². The van der Waals surface area contributed by atoms with Crippen molar-refractivity contribution >= 4 is 5.97 Å². The van der Waals surface area contributed by atoms with Crippen molar-refractivity contribution in [3.8, 4) is 0 Å². The lowest BCUT2D eigenvalue weighted by molar-refractivity contribution is 0.0458. The summed E-state index contributed by atoms with van der Waals surface area (Å²) in [6.45, 7) is 2.09. The van der Waals surface area contributed by atoms with Crippen LogP contribution in [0.25, 0.3) is 0 Å². The van der Waals surface area contributed by atoms with Gasteiger partial charge in [-0.15, -0.1) is 0 Å². The number of nitrogens with zero attached hydrogens (tertiary/aromatic N) is 2. The Morgan fingerprint density at radius 1 is 1.18 bits per heavy atom. The van der Waals surface area contributed by atoms with Crippen molar-refractivity contribution in [1.29, 1.82) is 0 Å². The fourth-order valence-electron chi connectivity index (χ4n) is 1.29. The molecule has 0 N–H and O–H groups in total. The number of esters is 1. The van der Waals surface area contributed by atoms with Gasteiger partial charge >= 0.3 is 5.97 Å². The third-order valence-electron chi connectivity index (χ3n) is 2.18. The highest BCUT2D eigenvalue weighted by atomic mass is 16.5. The molecule has 0 bridgehead atoms. The normalized spacial score (nSPS) is 9.94. The number of hydrogen-bond donors (Lipinski definition) is 0. The molecule has 0 saturated carbocycles. The van der Waals surface area contributed by atoms with E-state index >= 15 is 0 Å². The molecule has 86 valence electrons. The zero-order valence-corrected chi connectivity index (χ0v) is 9.46. The lowest BCUT2D eigenvalue weighted by Crippen LogP contribution is -2.09. The second-order valence-electron chi connectivity index (χ2n) is 3.65. The molecular weight excluding hydrogens is 216 g/mol. The maximum atomic E-state index is 11.6. The molecule has 0 unspecified atom stereocenters. The fourth-order valence-corrected chi connectivity index (χ4v) is 1.29. The van der Waals surface area contributed by atoms with Gasteiger partial charge in [-0.05, 0) is 18.1 Å². The van der Waals surface area contributed by atoms with Crippen molar-refractivity contribution in [3.05, 3.63) is 59.7 Å². The van der Waals surface area contributed by atoms with Gasteiger partial charge in [-0.3, -0.25) is 0 Å². The number of rotatable bonds is 3. The van der Waals surface area contributed by atoms with E-state index in [2.05, 4.69) is 9.97 Å². The standard InChI is InChI=1S/C13H12N2O2/c1-10-7-14-12(15-8-10)13(16)17-9-11-5-3-2-4-6-11/h2-8H,9H2,1H3. The first-order chi connectivity index (χ1) is 8.25. The Morgan fingerprint density at radius 3 is 2.47 bits per heavy atom. The fraction of sp³-hybridized carbons (Fsp3) is 0.154. The predicted molar refractivity (Wildman–Crippen MR) is 62.3 cm³/mol. The maximum Gasteiger partial charge on any atom is 0.376 e. The molecule has 1 heterocycles. The summed E-state index contributed by atoms with van der Waals surface area (Å²) in [5.41, 5.74) is 1.84. The van der Waals surface area contributed by atoms with Crippen LogP contribution in [0.4, 0.5) is 0 Å². The molecule has 1 aromatic heterocycles. The first-order valence-electron chi connectivity index (χ1n) is 5.25. The molecule has 2 aromatic rings. The van der Waals surface area contributed by atoms with Crippen LogP contribution < -0.4 is 0 Å². The van der Waals surface area contributed by atoms with Crippen LogP contribution in [-0.2, 0) is 11.3 Å². The van der Waals surface area contributed by atoms with Crippen LogP contribution in [0, 0.1) is 6.92 Å². The lowest BCUT2D eigenvalue weighted by Gasteiger charge is -2.03. The van der Waals surface area contributed by atoms with E-state index in [9.17, 15) is 4.79 Å². The minimum absolute atomic E-state index is 0.0894. The maximum absolute atomic E-state index is 11.6. The van der Waals surface area contributed by atoms with Crippen molar-refractivity contribution in [1.82, 2.24) is 9.97 Å². The van der Waals surface area contributed by atoms with Gasteiger partial charge in [-0.25, -0.2) is 14.8 Å². The Bertz CT molecular complexity index is 495. The second-order valence-corrected chi connectivity index (χ2v) is 3.65. The van der Waals surface area contributed by atoms with Crippen molar-refractivity contribution in [2.45, 2.75) is 13.5 Å². The quantitative estimate of drug-likeness (QED) is 0.755. The molecular formula is C13H12N2O2. The van der Waals surface area contributed by atoms with E-state index in [4.69, 9.17) is 4.74 Å². The van der Waals surface area contributed by atoms with Gasteiger partial charge in [0.15, 0.2) is 0 Å². The zero-order chi connectivity index (χ0) is 12.1. The Morgan fingerprint density at radius 2 is 1.82 bits per heavy atom. The van der Waals surface area contributed by atoms with Gasteiger partial charge in [0.1, 0.15) is 6.61 Å². The molecule has 0 radical (unpaired) electrons. The van der Waals surface area contributed by atoms with E-state index in [1.54, 1.807) is 12.4 Å². The number of hydrogen-bond acceptors (Lipinski definition) is 4. The summed E-state index contributed by atoms with van der Waals surface area (Å²) in [5.74, 6) is -0.416. The number of aryl methyl sites for hydroxylation is 1. The third-order valence-corrected chi connectivity index (χ3v) is 2.18. The topological polar surface area (TPSA) is 52.1 Å². The molecule has 0 fully saturated rings. The summed E-state index contributed by atoms with van der Waals surface area (Å²) in [6.07, 6.45) is 3.18. The molecule has 0 spiro atoms. The van der Waals surface area contributed by atoms with Crippen LogP contribution in [-0.4, -0.2) is 15.9 Å². The van der Waals surface area contributed by atoms with Crippen molar-refractivity contribution in [2.24, 2.45) is 0 Å². The van der Waals surface area contributed by atoms with Gasteiger partial charge in [-0.2, -0.15) is 0 Å². The number of benzene rings is 1. The summed E-state index contributed by atoms with van der Waals surface area (Å²) < 4.78 is 5.09. The molecule has 4 heteroatoms. The Kier molecular flexibility index (Phi) is 3.45. The molecule has 0 aliphatic rings. The van der Waals surface area contributed by atoms with Crippen molar-refractivity contribution < 1.29 is 9.53 Å². The molecule has 0 aliphatic carbocycles. The smallest absolute Gasteiger partial charge is 0.376 e. The van der Waals surface area contributed by atoms with Gasteiger partial charge in [0, 0.05) is 12.4 Å². The molecule has 1 aromatic carbocycles. The highest BCUT2D eigenvalue weighted by molar-refractivity contribution is 5.84. The van der Waals surface area contributed by atoms with Crippen LogP contribution in [0.1, 0.15) is 21.7 Å². The number of ether oxygens (including phenoxy) is 1. The first kappa shape index (κ1) is 11.3. The van der Waals surface area contributed by atoms with E-state index in [0.717, 1.165) is 11.1 Å². The van der Waals surface area contributed by atoms with Gasteiger partial charge in [-0.1, -0.05) is 30.3 Å². The van der Waals surface area contributed by atoms with Gasteiger partial charge in [0.05, 0.1) is 0 Å². The number of carbonyl (C=O) groups is 1. The largest absolute Gasteiger partial charge is 0.455 e. The summed E-state index contributed by atoms with van der Waals surface area (Å²) >= 11 is 0. The minimum Gasteiger partial charge on any atom is -0.455 e. The third kappa shape index (κ3) is 3.11. The van der Waals surface area contributed by atoms with E-state index in [0.29, 0.717) is 0 Å². The second kappa shape index (κ2) is 5.21. The average Bonchev–Trinajstić information content (AvgIpc) is 2.38. The van der Waals surface area contributed by atoms with E-state index in [-0.39, 0.29) is 12.4 Å². The summed E-state index contributed by atoms with van der Waals surface area (Å²) in [6, 6.07) is 9.48. The molecule has 4 nitrogen and oxygen atoms in total.